The SMILES string of the molecule is [CH2]c1cccc(OC=C(Cl)Cl)c1. The van der Waals surface area contributed by atoms with Crippen molar-refractivity contribution in [2.24, 2.45) is 0 Å². The molecule has 1 aromatic carbocycles. The molecular formula is C9H7Cl2O. The van der Waals surface area contributed by atoms with Crippen LogP contribution in [-0.2, 0) is 0 Å². The van der Waals surface area contributed by atoms with Crippen LogP contribution in [0, 0.1) is 6.92 Å². The van der Waals surface area contributed by atoms with Gasteiger partial charge >= 0.3 is 0 Å². The Balaban J connectivity index is 2.70. The van der Waals surface area contributed by atoms with E-state index in [9.17, 15) is 0 Å². The summed E-state index contributed by atoms with van der Waals surface area (Å²) in [6.07, 6.45) is 1.26. The summed E-state index contributed by atoms with van der Waals surface area (Å²) in [4.78, 5) is 0. The van der Waals surface area contributed by atoms with Gasteiger partial charge in [-0.25, -0.2) is 0 Å². The van der Waals surface area contributed by atoms with Crippen LogP contribution in [-0.4, -0.2) is 0 Å². The third kappa shape index (κ3) is 3.16. The van der Waals surface area contributed by atoms with Crippen LogP contribution in [0.25, 0.3) is 0 Å². The maximum Gasteiger partial charge on any atom is 0.141 e. The topological polar surface area (TPSA) is 9.23 Å². The Morgan fingerprint density at radius 1 is 1.42 bits per heavy atom. The highest BCUT2D eigenvalue weighted by Crippen LogP contribution is 2.14. The van der Waals surface area contributed by atoms with Crippen LogP contribution < -0.4 is 4.74 Å². The molecule has 0 aliphatic rings. The first kappa shape index (κ1) is 9.43. The lowest BCUT2D eigenvalue weighted by molar-refractivity contribution is 0.481. The van der Waals surface area contributed by atoms with Crippen LogP contribution >= 0.6 is 23.2 Å². The zero-order valence-corrected chi connectivity index (χ0v) is 7.77. The molecule has 1 rings (SSSR count). The first-order chi connectivity index (χ1) is 5.68. The number of benzene rings is 1. The standard InChI is InChI=1S/C9H7Cl2O/c1-7-3-2-4-8(5-7)12-6-9(10)11/h2-6H,1H2. The minimum atomic E-state index is 0.0875. The molecule has 0 aliphatic carbocycles. The molecule has 0 atom stereocenters. The summed E-state index contributed by atoms with van der Waals surface area (Å²) >= 11 is 10.7. The van der Waals surface area contributed by atoms with Crippen molar-refractivity contribution in [1.82, 2.24) is 0 Å². The van der Waals surface area contributed by atoms with Crippen molar-refractivity contribution >= 4 is 23.2 Å². The Morgan fingerprint density at radius 3 is 2.75 bits per heavy atom. The zero-order chi connectivity index (χ0) is 8.97. The molecule has 1 radical (unpaired) electrons. The van der Waals surface area contributed by atoms with Crippen LogP contribution in [0.4, 0.5) is 0 Å². The van der Waals surface area contributed by atoms with Gasteiger partial charge in [0.2, 0.25) is 0 Å². The van der Waals surface area contributed by atoms with Crippen molar-refractivity contribution in [2.45, 2.75) is 0 Å². The van der Waals surface area contributed by atoms with Gasteiger partial charge in [0.25, 0.3) is 0 Å². The molecule has 0 N–H and O–H groups in total. The fourth-order valence-corrected chi connectivity index (χ4v) is 0.820. The van der Waals surface area contributed by atoms with E-state index in [-0.39, 0.29) is 4.49 Å². The maximum absolute atomic E-state index is 5.35. The smallest absolute Gasteiger partial charge is 0.141 e. The van der Waals surface area contributed by atoms with Gasteiger partial charge in [0.1, 0.15) is 16.5 Å². The predicted octanol–water partition coefficient (Wildman–Crippen LogP) is 3.52. The molecular weight excluding hydrogens is 195 g/mol. The number of rotatable bonds is 2. The lowest BCUT2D eigenvalue weighted by Crippen LogP contribution is -1.82. The van der Waals surface area contributed by atoms with E-state index in [0.29, 0.717) is 5.75 Å². The summed E-state index contributed by atoms with van der Waals surface area (Å²) in [6.45, 7) is 3.74. The Morgan fingerprint density at radius 2 is 2.17 bits per heavy atom. The van der Waals surface area contributed by atoms with Gasteiger partial charge in [-0.15, -0.1) is 0 Å². The van der Waals surface area contributed by atoms with E-state index in [0.717, 1.165) is 5.56 Å². The van der Waals surface area contributed by atoms with E-state index in [4.69, 9.17) is 27.9 Å². The fraction of sp³-hybridized carbons (Fsp3) is 0. The molecule has 1 nitrogen and oxygen atoms in total. The average molecular weight is 202 g/mol. The molecule has 0 unspecified atom stereocenters. The zero-order valence-electron chi connectivity index (χ0n) is 6.26. The number of hydrogen-bond donors (Lipinski definition) is 0. The second-order valence-electron chi connectivity index (χ2n) is 2.17. The van der Waals surface area contributed by atoms with Crippen molar-refractivity contribution in [3.8, 4) is 5.75 Å². The summed E-state index contributed by atoms with van der Waals surface area (Å²) in [5.74, 6) is 0.668. The van der Waals surface area contributed by atoms with E-state index in [1.165, 1.54) is 6.26 Å². The Kier molecular flexibility index (Phi) is 3.45. The molecule has 1 aromatic rings. The first-order valence-corrected chi connectivity index (χ1v) is 4.04. The van der Waals surface area contributed by atoms with E-state index in [1.54, 1.807) is 12.1 Å². The lowest BCUT2D eigenvalue weighted by atomic mass is 10.2. The van der Waals surface area contributed by atoms with Gasteiger partial charge < -0.3 is 4.74 Å². The molecule has 0 aromatic heterocycles. The van der Waals surface area contributed by atoms with Gasteiger partial charge in [-0.2, -0.15) is 0 Å². The molecule has 3 heteroatoms. The maximum atomic E-state index is 5.35. The second-order valence-corrected chi connectivity index (χ2v) is 3.18. The Labute approximate surface area is 81.6 Å². The molecule has 63 valence electrons. The van der Waals surface area contributed by atoms with Gasteiger partial charge in [-0.1, -0.05) is 35.3 Å². The Hall–Kier alpha value is -0.660. The monoisotopic (exact) mass is 201 g/mol. The highest BCUT2D eigenvalue weighted by Gasteiger charge is 1.91. The minimum absolute atomic E-state index is 0.0875. The van der Waals surface area contributed by atoms with Crippen LogP contribution in [0.1, 0.15) is 5.56 Å². The Bertz CT molecular complexity index is 290. The van der Waals surface area contributed by atoms with Crippen molar-refractivity contribution in [2.75, 3.05) is 0 Å². The highest BCUT2D eigenvalue weighted by molar-refractivity contribution is 6.55. The fourth-order valence-electron chi connectivity index (χ4n) is 0.731. The summed E-state index contributed by atoms with van der Waals surface area (Å²) in [6, 6.07) is 7.29. The highest BCUT2D eigenvalue weighted by atomic mass is 35.5. The van der Waals surface area contributed by atoms with Crippen molar-refractivity contribution < 1.29 is 4.74 Å². The summed E-state index contributed by atoms with van der Waals surface area (Å²) < 4.78 is 5.17. The largest absolute Gasteiger partial charge is 0.462 e. The van der Waals surface area contributed by atoms with Gasteiger partial charge in [-0.3, -0.25) is 0 Å². The van der Waals surface area contributed by atoms with Crippen LogP contribution in [0.2, 0.25) is 0 Å². The molecule has 0 bridgehead atoms. The third-order valence-electron chi connectivity index (χ3n) is 1.18. The molecule has 0 saturated carbocycles. The van der Waals surface area contributed by atoms with Gasteiger partial charge in [0, 0.05) is 0 Å². The van der Waals surface area contributed by atoms with E-state index < -0.39 is 0 Å². The van der Waals surface area contributed by atoms with Gasteiger partial charge in [0.05, 0.1) is 0 Å². The van der Waals surface area contributed by atoms with Crippen LogP contribution in [0.15, 0.2) is 35.0 Å². The van der Waals surface area contributed by atoms with Crippen molar-refractivity contribution in [1.29, 1.82) is 0 Å². The quantitative estimate of drug-likeness (QED) is 0.666. The molecule has 0 heterocycles. The van der Waals surface area contributed by atoms with E-state index in [2.05, 4.69) is 6.92 Å². The normalized spacial score (nSPS) is 9.25. The van der Waals surface area contributed by atoms with Gasteiger partial charge in [-0.05, 0) is 24.6 Å². The molecule has 0 spiro atoms. The molecule has 12 heavy (non-hydrogen) atoms. The molecule has 0 fully saturated rings. The van der Waals surface area contributed by atoms with Crippen LogP contribution in [0.3, 0.4) is 0 Å². The lowest BCUT2D eigenvalue weighted by Gasteiger charge is -1.99. The minimum Gasteiger partial charge on any atom is -0.462 e. The third-order valence-corrected chi connectivity index (χ3v) is 1.36. The average Bonchev–Trinajstić information content (AvgIpc) is 2.01. The first-order valence-electron chi connectivity index (χ1n) is 3.28. The molecule has 0 amide bonds. The predicted molar refractivity (Wildman–Crippen MR) is 51.3 cm³/mol. The number of hydrogen-bond acceptors (Lipinski definition) is 1. The van der Waals surface area contributed by atoms with E-state index >= 15 is 0 Å². The van der Waals surface area contributed by atoms with Crippen LogP contribution in [0.5, 0.6) is 5.75 Å². The summed E-state index contributed by atoms with van der Waals surface area (Å²) in [7, 11) is 0. The molecule has 0 saturated heterocycles. The number of halogens is 2. The van der Waals surface area contributed by atoms with Gasteiger partial charge in [0.15, 0.2) is 0 Å². The molecule has 0 aliphatic heterocycles. The summed E-state index contributed by atoms with van der Waals surface area (Å²) in [5, 5.41) is 0. The second kappa shape index (κ2) is 4.39. The van der Waals surface area contributed by atoms with E-state index in [1.807, 2.05) is 12.1 Å². The van der Waals surface area contributed by atoms with Crippen molar-refractivity contribution in [3.05, 3.63) is 47.5 Å². The number of ether oxygens (including phenoxy) is 1. The summed E-state index contributed by atoms with van der Waals surface area (Å²) in [5.41, 5.74) is 0.881. The van der Waals surface area contributed by atoms with Crippen molar-refractivity contribution in [3.63, 3.8) is 0 Å².